The number of nitrogens with two attached hydrogens (primary N) is 1. The van der Waals surface area contributed by atoms with Crippen molar-refractivity contribution in [2.24, 2.45) is 11.7 Å². The van der Waals surface area contributed by atoms with Crippen molar-refractivity contribution in [3.8, 4) is 0 Å². The molecule has 2 unspecified atom stereocenters. The van der Waals surface area contributed by atoms with Gasteiger partial charge in [-0.3, -0.25) is 4.79 Å². The number of esters is 1. The van der Waals surface area contributed by atoms with Gasteiger partial charge in [0.05, 0.1) is 18.7 Å². The summed E-state index contributed by atoms with van der Waals surface area (Å²) in [6.07, 6.45) is -4.19. The molecule has 0 aliphatic rings. The van der Waals surface area contributed by atoms with Crippen LogP contribution in [0.3, 0.4) is 0 Å². The van der Waals surface area contributed by atoms with Crippen LogP contribution in [0.25, 0.3) is 0 Å². The van der Waals surface area contributed by atoms with Crippen molar-refractivity contribution in [1.82, 2.24) is 5.32 Å². The van der Waals surface area contributed by atoms with Gasteiger partial charge in [0, 0.05) is 6.42 Å². The average molecular weight is 360 g/mol. The van der Waals surface area contributed by atoms with Gasteiger partial charge < -0.3 is 15.8 Å². The van der Waals surface area contributed by atoms with Crippen LogP contribution in [0.4, 0.5) is 13.2 Å². The fourth-order valence-corrected chi connectivity index (χ4v) is 2.34. The molecule has 2 atom stereocenters. The van der Waals surface area contributed by atoms with Crippen molar-refractivity contribution in [3.63, 3.8) is 0 Å². The van der Waals surface area contributed by atoms with Gasteiger partial charge in [-0.2, -0.15) is 13.2 Å². The van der Waals surface area contributed by atoms with Crippen molar-refractivity contribution < 1.29 is 27.5 Å². The van der Waals surface area contributed by atoms with Crippen LogP contribution in [-0.2, 0) is 26.9 Å². The van der Waals surface area contributed by atoms with E-state index in [0.717, 1.165) is 19.2 Å². The normalized spacial score (nSPS) is 14.1. The molecule has 0 bridgehead atoms. The number of nitrogens with one attached hydrogen (secondary N) is 1. The van der Waals surface area contributed by atoms with E-state index in [1.54, 1.807) is 0 Å². The van der Waals surface area contributed by atoms with Gasteiger partial charge in [-0.1, -0.05) is 32.0 Å². The first-order valence-electron chi connectivity index (χ1n) is 7.84. The molecule has 1 amide bonds. The van der Waals surface area contributed by atoms with Crippen molar-refractivity contribution >= 4 is 11.9 Å². The summed E-state index contributed by atoms with van der Waals surface area (Å²) >= 11 is 0. The first-order valence-corrected chi connectivity index (χ1v) is 7.84. The quantitative estimate of drug-likeness (QED) is 0.731. The van der Waals surface area contributed by atoms with Crippen LogP contribution in [-0.4, -0.2) is 31.1 Å². The number of rotatable bonds is 7. The molecule has 0 aromatic heterocycles. The highest BCUT2D eigenvalue weighted by Crippen LogP contribution is 2.29. The Hall–Kier alpha value is -2.09. The van der Waals surface area contributed by atoms with Gasteiger partial charge in [0.15, 0.2) is 0 Å². The summed E-state index contributed by atoms with van der Waals surface area (Å²) in [5.41, 5.74) is 5.20. The smallest absolute Gasteiger partial charge is 0.416 e. The SMILES string of the molecule is COC(=O)C(Cc1cccc(C(F)(F)F)c1)NC(=O)C(N)CC(C)C. The Bertz CT molecular complexity index is 603. The fraction of sp³-hybridized carbons (Fsp3) is 0.529. The Kier molecular flexibility index (Phi) is 7.41. The zero-order valence-electron chi connectivity index (χ0n) is 14.4. The van der Waals surface area contributed by atoms with Crippen LogP contribution in [0, 0.1) is 5.92 Å². The zero-order valence-corrected chi connectivity index (χ0v) is 14.4. The largest absolute Gasteiger partial charge is 0.467 e. The first kappa shape index (κ1) is 21.0. The third-order valence-electron chi connectivity index (χ3n) is 3.56. The first-order chi connectivity index (χ1) is 11.5. The van der Waals surface area contributed by atoms with Gasteiger partial charge in [0.25, 0.3) is 0 Å². The molecule has 0 spiro atoms. The molecule has 1 aromatic rings. The molecule has 8 heteroatoms. The summed E-state index contributed by atoms with van der Waals surface area (Å²) in [6.45, 7) is 3.79. The van der Waals surface area contributed by atoms with Crippen LogP contribution in [0.2, 0.25) is 0 Å². The minimum atomic E-state index is -4.49. The number of benzene rings is 1. The minimum absolute atomic E-state index is 0.128. The summed E-state index contributed by atoms with van der Waals surface area (Å²) in [6, 6.07) is 2.65. The lowest BCUT2D eigenvalue weighted by Crippen LogP contribution is -2.50. The Morgan fingerprint density at radius 3 is 2.44 bits per heavy atom. The van der Waals surface area contributed by atoms with Crippen LogP contribution in [0.5, 0.6) is 0 Å². The molecular weight excluding hydrogens is 337 g/mol. The van der Waals surface area contributed by atoms with Crippen LogP contribution >= 0.6 is 0 Å². The van der Waals surface area contributed by atoms with Crippen molar-refractivity contribution in [3.05, 3.63) is 35.4 Å². The zero-order chi connectivity index (χ0) is 19.2. The lowest BCUT2D eigenvalue weighted by atomic mass is 10.0. The Labute approximate surface area is 144 Å². The number of hydrogen-bond donors (Lipinski definition) is 2. The molecule has 0 saturated carbocycles. The summed E-state index contributed by atoms with van der Waals surface area (Å²) in [4.78, 5) is 24.0. The summed E-state index contributed by atoms with van der Waals surface area (Å²) in [7, 11) is 1.14. The molecule has 1 rings (SSSR count). The molecule has 0 aliphatic heterocycles. The van der Waals surface area contributed by atoms with Crippen molar-refractivity contribution in [2.75, 3.05) is 7.11 Å². The van der Waals surface area contributed by atoms with E-state index in [1.807, 2.05) is 13.8 Å². The van der Waals surface area contributed by atoms with E-state index in [1.165, 1.54) is 12.1 Å². The molecule has 5 nitrogen and oxygen atoms in total. The highest BCUT2D eigenvalue weighted by molar-refractivity contribution is 5.87. The van der Waals surface area contributed by atoms with E-state index in [4.69, 9.17) is 5.73 Å². The predicted octanol–water partition coefficient (Wildman–Crippen LogP) is 2.28. The standard InChI is InChI=1S/C17H23F3N2O3/c1-10(2)7-13(21)15(23)22-14(16(24)25-3)9-11-5-4-6-12(8-11)17(18,19)20/h4-6,8,10,13-14H,7,9,21H2,1-3H3,(H,22,23). The van der Waals surface area contributed by atoms with Gasteiger partial charge >= 0.3 is 12.1 Å². The molecule has 0 saturated heterocycles. The second-order valence-corrected chi connectivity index (χ2v) is 6.22. The number of ether oxygens (including phenoxy) is 1. The number of methoxy groups -OCH3 is 1. The van der Waals surface area contributed by atoms with E-state index in [0.29, 0.717) is 6.42 Å². The third kappa shape index (κ3) is 6.74. The molecule has 1 aromatic carbocycles. The van der Waals surface area contributed by atoms with Gasteiger partial charge in [0.2, 0.25) is 5.91 Å². The monoisotopic (exact) mass is 360 g/mol. The Morgan fingerprint density at radius 1 is 1.28 bits per heavy atom. The van der Waals surface area contributed by atoms with Crippen LogP contribution in [0.15, 0.2) is 24.3 Å². The second-order valence-electron chi connectivity index (χ2n) is 6.22. The van der Waals surface area contributed by atoms with Crippen LogP contribution < -0.4 is 11.1 Å². The molecule has 0 fully saturated rings. The maximum absolute atomic E-state index is 12.8. The fourth-order valence-electron chi connectivity index (χ4n) is 2.34. The Morgan fingerprint density at radius 2 is 1.92 bits per heavy atom. The summed E-state index contributed by atoms with van der Waals surface area (Å²) in [5.74, 6) is -1.11. The number of amides is 1. The van der Waals surface area contributed by atoms with Gasteiger partial charge in [-0.25, -0.2) is 4.79 Å². The Balaban J connectivity index is 2.91. The third-order valence-corrected chi connectivity index (χ3v) is 3.56. The van der Waals surface area contributed by atoms with Crippen molar-refractivity contribution in [2.45, 2.75) is 44.9 Å². The number of halogens is 3. The van der Waals surface area contributed by atoms with E-state index >= 15 is 0 Å². The second kappa shape index (κ2) is 8.84. The molecule has 0 heterocycles. The minimum Gasteiger partial charge on any atom is -0.467 e. The topological polar surface area (TPSA) is 81.4 Å². The van der Waals surface area contributed by atoms with E-state index < -0.39 is 35.7 Å². The highest BCUT2D eigenvalue weighted by Gasteiger charge is 2.31. The molecule has 140 valence electrons. The molecule has 3 N–H and O–H groups in total. The van der Waals surface area contributed by atoms with Gasteiger partial charge in [-0.05, 0) is 24.0 Å². The molecule has 0 aliphatic carbocycles. The maximum atomic E-state index is 12.8. The summed E-state index contributed by atoms with van der Waals surface area (Å²) in [5, 5.41) is 2.46. The van der Waals surface area contributed by atoms with E-state index in [2.05, 4.69) is 10.1 Å². The van der Waals surface area contributed by atoms with Gasteiger partial charge in [-0.15, -0.1) is 0 Å². The van der Waals surface area contributed by atoms with E-state index in [9.17, 15) is 22.8 Å². The number of carbonyl (C=O) groups is 2. The van der Waals surface area contributed by atoms with Crippen molar-refractivity contribution in [1.29, 1.82) is 0 Å². The highest BCUT2D eigenvalue weighted by atomic mass is 19.4. The molecular formula is C17H23F3N2O3. The predicted molar refractivity (Wildman–Crippen MR) is 86.5 cm³/mol. The maximum Gasteiger partial charge on any atom is 0.416 e. The lowest BCUT2D eigenvalue weighted by Gasteiger charge is -2.20. The average Bonchev–Trinajstić information content (AvgIpc) is 2.52. The summed E-state index contributed by atoms with van der Waals surface area (Å²) < 4.78 is 43.0. The number of carbonyl (C=O) groups excluding carboxylic acids is 2. The van der Waals surface area contributed by atoms with E-state index in [-0.39, 0.29) is 17.9 Å². The molecule has 0 radical (unpaired) electrons. The molecule has 25 heavy (non-hydrogen) atoms. The number of alkyl halides is 3. The number of hydrogen-bond acceptors (Lipinski definition) is 4. The van der Waals surface area contributed by atoms with Gasteiger partial charge in [0.1, 0.15) is 6.04 Å². The lowest BCUT2D eigenvalue weighted by molar-refractivity contribution is -0.145. The van der Waals surface area contributed by atoms with Crippen LogP contribution in [0.1, 0.15) is 31.4 Å².